The van der Waals surface area contributed by atoms with Crippen LogP contribution in [0.4, 0.5) is 0 Å². The molecule has 98 valence electrons. The normalized spacial score (nSPS) is 19.7. The van der Waals surface area contributed by atoms with E-state index in [0.29, 0.717) is 0 Å². The van der Waals surface area contributed by atoms with Gasteiger partial charge >= 0.3 is 0 Å². The Hall–Kier alpha value is -1.11. The van der Waals surface area contributed by atoms with Crippen LogP contribution >= 0.6 is 0 Å². The van der Waals surface area contributed by atoms with Crippen LogP contribution in [0.5, 0.6) is 0 Å². The second-order valence-electron chi connectivity index (χ2n) is 7.12. The number of benzene rings is 1. The number of aryl methyl sites for hydroxylation is 1. The Bertz CT molecular complexity index is 533. The van der Waals surface area contributed by atoms with Gasteiger partial charge in [-0.15, -0.1) is 0 Å². The second-order valence-corrected chi connectivity index (χ2v) is 7.12. The van der Waals surface area contributed by atoms with E-state index >= 15 is 0 Å². The summed E-state index contributed by atoms with van der Waals surface area (Å²) in [6.45, 7) is 15.0. The standard InChI is InChI=1S/C17H24O/c1-10-8-13-15(14(11(10)2)12(3)18)17(6,7)9-16(13,4)5/h8H,9H2,1-7H3. The summed E-state index contributed by atoms with van der Waals surface area (Å²) in [5.41, 5.74) is 6.31. The molecule has 0 atom stereocenters. The highest BCUT2D eigenvalue weighted by Crippen LogP contribution is 2.51. The summed E-state index contributed by atoms with van der Waals surface area (Å²) in [5, 5.41) is 0. The topological polar surface area (TPSA) is 17.1 Å². The molecular weight excluding hydrogens is 220 g/mol. The van der Waals surface area contributed by atoms with Gasteiger partial charge in [-0.2, -0.15) is 0 Å². The van der Waals surface area contributed by atoms with Crippen LogP contribution in [0.25, 0.3) is 0 Å². The predicted octanol–water partition coefficient (Wildman–Crippen LogP) is 4.46. The minimum Gasteiger partial charge on any atom is -0.294 e. The van der Waals surface area contributed by atoms with Crippen molar-refractivity contribution in [2.45, 2.75) is 65.7 Å². The lowest BCUT2D eigenvalue weighted by atomic mass is 9.80. The summed E-state index contributed by atoms with van der Waals surface area (Å²) in [7, 11) is 0. The van der Waals surface area contributed by atoms with E-state index in [1.165, 1.54) is 16.7 Å². The number of fused-ring (bicyclic) bond motifs is 1. The fraction of sp³-hybridized carbons (Fsp3) is 0.588. The average molecular weight is 244 g/mol. The molecule has 0 aromatic heterocycles. The molecule has 0 aliphatic heterocycles. The highest BCUT2D eigenvalue weighted by Gasteiger charge is 2.44. The molecule has 1 aromatic carbocycles. The summed E-state index contributed by atoms with van der Waals surface area (Å²) < 4.78 is 0. The first-order chi connectivity index (χ1) is 8.08. The van der Waals surface area contributed by atoms with Crippen LogP contribution < -0.4 is 0 Å². The van der Waals surface area contributed by atoms with Crippen molar-refractivity contribution in [2.75, 3.05) is 0 Å². The molecule has 0 fully saturated rings. The molecule has 0 radical (unpaired) electrons. The fourth-order valence-corrected chi connectivity index (χ4v) is 3.88. The molecule has 1 aliphatic carbocycles. The monoisotopic (exact) mass is 244 g/mol. The van der Waals surface area contributed by atoms with Crippen LogP contribution in [-0.2, 0) is 10.8 Å². The average Bonchev–Trinajstić information content (AvgIpc) is 2.34. The Balaban J connectivity index is 2.90. The molecule has 0 unspecified atom stereocenters. The van der Waals surface area contributed by atoms with Gasteiger partial charge in [0, 0.05) is 5.56 Å². The molecular formula is C17H24O. The zero-order valence-electron chi connectivity index (χ0n) is 12.7. The van der Waals surface area contributed by atoms with E-state index in [-0.39, 0.29) is 16.6 Å². The molecule has 1 aliphatic rings. The quantitative estimate of drug-likeness (QED) is 0.666. The number of ketones is 1. The van der Waals surface area contributed by atoms with E-state index in [9.17, 15) is 4.79 Å². The molecule has 0 bridgehead atoms. The van der Waals surface area contributed by atoms with Gasteiger partial charge < -0.3 is 0 Å². The van der Waals surface area contributed by atoms with Crippen LogP contribution in [0, 0.1) is 13.8 Å². The van der Waals surface area contributed by atoms with E-state index in [1.54, 1.807) is 6.92 Å². The number of carbonyl (C=O) groups excluding carboxylic acids is 1. The largest absolute Gasteiger partial charge is 0.294 e. The molecule has 18 heavy (non-hydrogen) atoms. The van der Waals surface area contributed by atoms with Gasteiger partial charge in [0.15, 0.2) is 5.78 Å². The van der Waals surface area contributed by atoms with Crippen molar-refractivity contribution in [2.24, 2.45) is 0 Å². The van der Waals surface area contributed by atoms with Gasteiger partial charge in [0.05, 0.1) is 0 Å². The molecule has 0 saturated heterocycles. The van der Waals surface area contributed by atoms with Crippen molar-refractivity contribution in [3.8, 4) is 0 Å². The molecule has 2 rings (SSSR count). The lowest BCUT2D eigenvalue weighted by Crippen LogP contribution is -2.19. The summed E-state index contributed by atoms with van der Waals surface area (Å²) in [5.74, 6) is 0.207. The van der Waals surface area contributed by atoms with Gasteiger partial charge in [-0.25, -0.2) is 0 Å². The maximum Gasteiger partial charge on any atom is 0.160 e. The van der Waals surface area contributed by atoms with Crippen molar-refractivity contribution in [3.05, 3.63) is 33.9 Å². The molecule has 0 heterocycles. The Labute approximate surface area is 111 Å². The first-order valence-corrected chi connectivity index (χ1v) is 6.74. The molecule has 1 heteroatoms. The number of carbonyl (C=O) groups is 1. The van der Waals surface area contributed by atoms with Gasteiger partial charge in [0.2, 0.25) is 0 Å². The van der Waals surface area contributed by atoms with Crippen LogP contribution in [-0.4, -0.2) is 5.78 Å². The van der Waals surface area contributed by atoms with Gasteiger partial charge in [-0.1, -0.05) is 33.8 Å². The van der Waals surface area contributed by atoms with Crippen LogP contribution in [0.3, 0.4) is 0 Å². The molecule has 0 spiro atoms. The Morgan fingerprint density at radius 3 is 2.17 bits per heavy atom. The maximum atomic E-state index is 12.1. The number of hydrogen-bond acceptors (Lipinski definition) is 1. The maximum absolute atomic E-state index is 12.1. The van der Waals surface area contributed by atoms with Crippen molar-refractivity contribution in [3.63, 3.8) is 0 Å². The third-order valence-corrected chi connectivity index (χ3v) is 4.49. The number of Topliss-reactive ketones (excluding diaryl/α,β-unsaturated/α-hetero) is 1. The molecule has 0 saturated carbocycles. The minimum absolute atomic E-state index is 0.0955. The van der Waals surface area contributed by atoms with E-state index in [1.807, 2.05) is 0 Å². The van der Waals surface area contributed by atoms with Crippen molar-refractivity contribution in [1.82, 2.24) is 0 Å². The van der Waals surface area contributed by atoms with E-state index in [4.69, 9.17) is 0 Å². The number of rotatable bonds is 1. The Kier molecular flexibility index (Phi) is 2.73. The first kappa shape index (κ1) is 13.3. The Morgan fingerprint density at radius 2 is 1.67 bits per heavy atom. The third kappa shape index (κ3) is 1.72. The minimum atomic E-state index is 0.0955. The van der Waals surface area contributed by atoms with Gasteiger partial charge in [-0.3, -0.25) is 4.79 Å². The molecule has 1 aromatic rings. The first-order valence-electron chi connectivity index (χ1n) is 6.74. The SMILES string of the molecule is CC(=O)c1c(C)c(C)cc2c1C(C)(C)CC2(C)C. The lowest BCUT2D eigenvalue weighted by Gasteiger charge is -2.24. The van der Waals surface area contributed by atoms with Crippen molar-refractivity contribution in [1.29, 1.82) is 0 Å². The third-order valence-electron chi connectivity index (χ3n) is 4.49. The summed E-state index contributed by atoms with van der Waals surface area (Å²) >= 11 is 0. The fourth-order valence-electron chi connectivity index (χ4n) is 3.88. The zero-order chi connectivity index (χ0) is 13.9. The van der Waals surface area contributed by atoms with Crippen LogP contribution in [0.2, 0.25) is 0 Å². The van der Waals surface area contributed by atoms with Gasteiger partial charge in [-0.05, 0) is 60.3 Å². The van der Waals surface area contributed by atoms with Gasteiger partial charge in [0.1, 0.15) is 0 Å². The summed E-state index contributed by atoms with van der Waals surface area (Å²) in [6, 6.07) is 2.30. The highest BCUT2D eigenvalue weighted by molar-refractivity contribution is 5.98. The predicted molar refractivity (Wildman–Crippen MR) is 76.6 cm³/mol. The van der Waals surface area contributed by atoms with Crippen molar-refractivity contribution >= 4 is 5.78 Å². The molecule has 0 amide bonds. The van der Waals surface area contributed by atoms with E-state index < -0.39 is 0 Å². The lowest BCUT2D eigenvalue weighted by molar-refractivity contribution is 0.101. The second kappa shape index (κ2) is 3.69. The van der Waals surface area contributed by atoms with Crippen LogP contribution in [0.15, 0.2) is 6.07 Å². The van der Waals surface area contributed by atoms with Crippen molar-refractivity contribution < 1.29 is 4.79 Å². The van der Waals surface area contributed by atoms with E-state index in [0.717, 1.165) is 17.5 Å². The zero-order valence-corrected chi connectivity index (χ0v) is 12.7. The summed E-state index contributed by atoms with van der Waals surface area (Å²) in [6.07, 6.45) is 1.11. The van der Waals surface area contributed by atoms with Crippen LogP contribution in [0.1, 0.15) is 73.7 Å². The molecule has 0 N–H and O–H groups in total. The number of hydrogen-bond donors (Lipinski definition) is 0. The Morgan fingerprint density at radius 1 is 1.11 bits per heavy atom. The molecule has 1 nitrogen and oxygen atoms in total. The van der Waals surface area contributed by atoms with E-state index in [2.05, 4.69) is 47.6 Å². The highest BCUT2D eigenvalue weighted by atomic mass is 16.1. The smallest absolute Gasteiger partial charge is 0.160 e. The van der Waals surface area contributed by atoms with Gasteiger partial charge in [0.25, 0.3) is 0 Å². The summed E-state index contributed by atoms with van der Waals surface area (Å²) in [4.78, 5) is 12.1.